The number of hydrogen-bond donors (Lipinski definition) is 2. The number of benzene rings is 3. The van der Waals surface area contributed by atoms with Gasteiger partial charge in [-0.2, -0.15) is 0 Å². The third kappa shape index (κ3) is 7.57. The quantitative estimate of drug-likeness (QED) is 0.150. The van der Waals surface area contributed by atoms with Crippen molar-refractivity contribution in [3.63, 3.8) is 0 Å². The summed E-state index contributed by atoms with van der Waals surface area (Å²) in [5.41, 5.74) is 6.43. The molecule has 0 spiro atoms. The molecule has 4 aromatic rings. The van der Waals surface area contributed by atoms with Gasteiger partial charge in [0.2, 0.25) is 0 Å². The molecule has 0 atom stereocenters. The molecule has 10 heteroatoms. The minimum Gasteiger partial charge on any atom is -0.493 e. The third-order valence-electron chi connectivity index (χ3n) is 5.86. The number of fused-ring (bicyclic) bond motifs is 1. The lowest BCUT2D eigenvalue weighted by molar-refractivity contribution is 0.0648. The SMILES string of the molecule is C=C(NOCc1ccc(F)cc1Cl)c1ccc(Nc2ncnc3cc(OCCCN(C)C)c(OC)cc23)cc1. The zero-order valence-electron chi connectivity index (χ0n) is 22.1. The topological polar surface area (TPSA) is 80.8 Å². The first kappa shape index (κ1) is 28.1. The highest BCUT2D eigenvalue weighted by Crippen LogP contribution is 2.35. The van der Waals surface area contributed by atoms with Crippen LogP contribution >= 0.6 is 11.6 Å². The molecule has 0 saturated heterocycles. The van der Waals surface area contributed by atoms with Gasteiger partial charge in [-0.15, -0.1) is 0 Å². The second-order valence-corrected chi connectivity index (χ2v) is 9.46. The highest BCUT2D eigenvalue weighted by Gasteiger charge is 2.12. The molecule has 2 N–H and O–H groups in total. The van der Waals surface area contributed by atoms with E-state index in [2.05, 4.69) is 32.2 Å². The van der Waals surface area contributed by atoms with Crippen LogP contribution in [0.1, 0.15) is 17.5 Å². The van der Waals surface area contributed by atoms with Crippen LogP contribution in [0.2, 0.25) is 5.02 Å². The molecule has 8 nitrogen and oxygen atoms in total. The third-order valence-corrected chi connectivity index (χ3v) is 6.21. The molecule has 0 radical (unpaired) electrons. The number of hydrogen-bond acceptors (Lipinski definition) is 8. The van der Waals surface area contributed by atoms with Crippen LogP contribution in [0.3, 0.4) is 0 Å². The van der Waals surface area contributed by atoms with E-state index in [4.69, 9.17) is 25.9 Å². The minimum absolute atomic E-state index is 0.158. The Morgan fingerprint density at radius 3 is 2.56 bits per heavy atom. The first-order chi connectivity index (χ1) is 18.8. The Hall–Kier alpha value is -3.92. The summed E-state index contributed by atoms with van der Waals surface area (Å²) in [6, 6.07) is 15.5. The molecular formula is C29H31ClFN5O3. The molecule has 0 fully saturated rings. The maximum Gasteiger partial charge on any atom is 0.163 e. The van der Waals surface area contributed by atoms with Crippen molar-refractivity contribution in [2.24, 2.45) is 0 Å². The number of methoxy groups -OCH3 is 1. The van der Waals surface area contributed by atoms with E-state index in [0.717, 1.165) is 35.1 Å². The van der Waals surface area contributed by atoms with Crippen molar-refractivity contribution in [2.45, 2.75) is 13.0 Å². The number of rotatable bonds is 13. The van der Waals surface area contributed by atoms with Gasteiger partial charge in [0.25, 0.3) is 0 Å². The molecule has 0 saturated carbocycles. The van der Waals surface area contributed by atoms with Crippen LogP contribution in [0, 0.1) is 5.82 Å². The van der Waals surface area contributed by atoms with Crippen LogP contribution in [-0.2, 0) is 11.4 Å². The number of ether oxygens (including phenoxy) is 2. The summed E-state index contributed by atoms with van der Waals surface area (Å²) in [6.07, 6.45) is 2.41. The second-order valence-electron chi connectivity index (χ2n) is 9.06. The predicted molar refractivity (Wildman–Crippen MR) is 153 cm³/mol. The van der Waals surface area contributed by atoms with Crippen molar-refractivity contribution in [3.8, 4) is 11.5 Å². The van der Waals surface area contributed by atoms with Gasteiger partial charge in [0, 0.05) is 28.7 Å². The van der Waals surface area contributed by atoms with E-state index < -0.39 is 5.82 Å². The van der Waals surface area contributed by atoms with E-state index >= 15 is 0 Å². The van der Waals surface area contributed by atoms with Crippen LogP contribution in [0.15, 0.2) is 67.5 Å². The Morgan fingerprint density at radius 1 is 1.05 bits per heavy atom. The van der Waals surface area contributed by atoms with E-state index in [1.165, 1.54) is 18.5 Å². The van der Waals surface area contributed by atoms with Crippen LogP contribution in [0.4, 0.5) is 15.9 Å². The van der Waals surface area contributed by atoms with Gasteiger partial charge < -0.3 is 19.7 Å². The second kappa shape index (κ2) is 13.2. The van der Waals surface area contributed by atoms with Crippen molar-refractivity contribution < 1.29 is 18.7 Å². The van der Waals surface area contributed by atoms with E-state index in [1.54, 1.807) is 13.2 Å². The molecule has 204 valence electrons. The number of anilines is 2. The molecule has 0 aliphatic rings. The highest BCUT2D eigenvalue weighted by molar-refractivity contribution is 6.31. The Morgan fingerprint density at radius 2 is 1.85 bits per heavy atom. The van der Waals surface area contributed by atoms with Gasteiger partial charge >= 0.3 is 0 Å². The predicted octanol–water partition coefficient (Wildman–Crippen LogP) is 6.20. The largest absolute Gasteiger partial charge is 0.493 e. The molecule has 3 aromatic carbocycles. The Bertz CT molecular complexity index is 1430. The van der Waals surface area contributed by atoms with E-state index in [-0.39, 0.29) is 6.61 Å². The molecule has 1 heterocycles. The molecule has 4 rings (SSSR count). The van der Waals surface area contributed by atoms with Crippen molar-refractivity contribution >= 4 is 39.7 Å². The van der Waals surface area contributed by atoms with Crippen molar-refractivity contribution in [3.05, 3.63) is 89.5 Å². The van der Waals surface area contributed by atoms with Crippen molar-refractivity contribution in [1.29, 1.82) is 0 Å². The normalized spacial score (nSPS) is 11.0. The molecule has 0 unspecified atom stereocenters. The number of aromatic nitrogens is 2. The fraction of sp³-hybridized carbons (Fsp3) is 0.241. The lowest BCUT2D eigenvalue weighted by Gasteiger charge is -2.15. The maximum atomic E-state index is 13.2. The molecule has 1 aromatic heterocycles. The number of nitrogens with one attached hydrogen (secondary N) is 2. The summed E-state index contributed by atoms with van der Waals surface area (Å²) < 4.78 is 24.8. The first-order valence-corrected chi connectivity index (χ1v) is 12.7. The monoisotopic (exact) mass is 551 g/mol. The van der Waals surface area contributed by atoms with Gasteiger partial charge in [-0.3, -0.25) is 10.3 Å². The molecule has 0 aliphatic heterocycles. The molecular weight excluding hydrogens is 521 g/mol. The molecule has 0 aliphatic carbocycles. The highest BCUT2D eigenvalue weighted by atomic mass is 35.5. The molecule has 0 amide bonds. The van der Waals surface area contributed by atoms with Gasteiger partial charge in [-0.05, 0) is 62.0 Å². The van der Waals surface area contributed by atoms with Gasteiger partial charge in [-0.25, -0.2) is 14.4 Å². The van der Waals surface area contributed by atoms with Crippen LogP contribution in [-0.4, -0.2) is 49.2 Å². The van der Waals surface area contributed by atoms with Crippen LogP contribution in [0.25, 0.3) is 16.6 Å². The summed E-state index contributed by atoms with van der Waals surface area (Å²) in [7, 11) is 5.68. The molecule has 0 bridgehead atoms. The number of halogens is 2. The van der Waals surface area contributed by atoms with E-state index in [0.29, 0.717) is 40.2 Å². The van der Waals surface area contributed by atoms with Gasteiger partial charge in [0.15, 0.2) is 11.5 Å². The van der Waals surface area contributed by atoms with Crippen molar-refractivity contribution in [1.82, 2.24) is 20.3 Å². The lowest BCUT2D eigenvalue weighted by Crippen LogP contribution is -2.15. The summed E-state index contributed by atoms with van der Waals surface area (Å²) in [4.78, 5) is 16.5. The smallest absolute Gasteiger partial charge is 0.163 e. The maximum absolute atomic E-state index is 13.2. The summed E-state index contributed by atoms with van der Waals surface area (Å²) in [5.74, 6) is 1.51. The zero-order valence-corrected chi connectivity index (χ0v) is 22.9. The van der Waals surface area contributed by atoms with Gasteiger partial charge in [-0.1, -0.05) is 36.4 Å². The van der Waals surface area contributed by atoms with E-state index in [1.807, 2.05) is 50.5 Å². The standard InChI is InChI=1S/C29H31ClFN5O3/c1-19(35-39-17-21-6-9-22(31)14-25(21)30)20-7-10-23(11-8-20)34-29-24-15-27(37-4)28(16-26(24)32-18-33-29)38-13-5-12-36(2)3/h6-11,14-16,18,35H,1,5,12-13,17H2,2-4H3,(H,32,33,34). The summed E-state index contributed by atoms with van der Waals surface area (Å²) in [6.45, 7) is 5.68. The molecule has 39 heavy (non-hydrogen) atoms. The fourth-order valence-corrected chi connectivity index (χ4v) is 4.01. The van der Waals surface area contributed by atoms with Gasteiger partial charge in [0.05, 0.1) is 24.9 Å². The average Bonchev–Trinajstić information content (AvgIpc) is 2.92. The summed E-state index contributed by atoms with van der Waals surface area (Å²) >= 11 is 6.04. The van der Waals surface area contributed by atoms with Gasteiger partial charge in [0.1, 0.15) is 24.6 Å². The lowest BCUT2D eigenvalue weighted by atomic mass is 10.1. The first-order valence-electron chi connectivity index (χ1n) is 12.3. The summed E-state index contributed by atoms with van der Waals surface area (Å²) in [5, 5.41) is 4.45. The minimum atomic E-state index is -0.395. The Labute approximate surface area is 232 Å². The number of hydroxylamine groups is 1. The van der Waals surface area contributed by atoms with Crippen molar-refractivity contribution in [2.75, 3.05) is 39.7 Å². The Kier molecular flexibility index (Phi) is 9.54. The number of nitrogens with zero attached hydrogens (tertiary/aromatic N) is 3. The van der Waals surface area contributed by atoms with Crippen LogP contribution in [0.5, 0.6) is 11.5 Å². The van der Waals surface area contributed by atoms with Crippen LogP contribution < -0.4 is 20.3 Å². The van der Waals surface area contributed by atoms with E-state index in [9.17, 15) is 4.39 Å². The Balaban J connectivity index is 1.40. The zero-order chi connectivity index (χ0) is 27.8. The fourth-order valence-electron chi connectivity index (χ4n) is 3.79. The average molecular weight is 552 g/mol.